The Morgan fingerprint density at radius 3 is 2.45 bits per heavy atom. The summed E-state index contributed by atoms with van der Waals surface area (Å²) in [6.45, 7) is 7.59. The van der Waals surface area contributed by atoms with Gasteiger partial charge in [0.25, 0.3) is 0 Å². The molecule has 0 radical (unpaired) electrons. The van der Waals surface area contributed by atoms with Crippen LogP contribution in [-0.2, 0) is 9.47 Å². The quantitative estimate of drug-likeness (QED) is 0.791. The van der Waals surface area contributed by atoms with Gasteiger partial charge in [0.15, 0.2) is 5.79 Å². The summed E-state index contributed by atoms with van der Waals surface area (Å²) in [6, 6.07) is 12.6. The third-order valence-corrected chi connectivity index (χ3v) is 6.37. The van der Waals surface area contributed by atoms with Crippen molar-refractivity contribution in [3.63, 3.8) is 0 Å². The Labute approximate surface area is 172 Å². The topological polar surface area (TPSA) is 50.7 Å². The summed E-state index contributed by atoms with van der Waals surface area (Å²) in [5, 5.41) is 0. The molecule has 0 N–H and O–H groups in total. The number of ether oxygens (including phenoxy) is 2. The first kappa shape index (κ1) is 18.8. The number of piperidine rings is 2. The predicted octanol–water partition coefficient (Wildman–Crippen LogP) is 3.72. The summed E-state index contributed by atoms with van der Waals surface area (Å²) in [4.78, 5) is 14.7. The molecule has 1 aromatic carbocycles. The molecule has 29 heavy (non-hydrogen) atoms. The molecular weight excluding hydrogens is 364 g/mol. The van der Waals surface area contributed by atoms with E-state index in [9.17, 15) is 0 Å². The van der Waals surface area contributed by atoms with Crippen LogP contribution in [0.3, 0.4) is 0 Å². The number of rotatable bonds is 3. The van der Waals surface area contributed by atoms with Gasteiger partial charge in [-0.2, -0.15) is 4.98 Å². The van der Waals surface area contributed by atoms with Crippen molar-refractivity contribution in [2.75, 3.05) is 49.2 Å². The van der Waals surface area contributed by atoms with E-state index in [1.807, 2.05) is 6.07 Å². The summed E-state index contributed by atoms with van der Waals surface area (Å²) >= 11 is 0. The molecule has 0 aliphatic carbocycles. The Balaban J connectivity index is 1.45. The van der Waals surface area contributed by atoms with Crippen LogP contribution in [-0.4, -0.2) is 55.1 Å². The van der Waals surface area contributed by atoms with Gasteiger partial charge in [0.2, 0.25) is 5.95 Å². The molecular formula is C23H30N4O2. The second-order valence-corrected chi connectivity index (χ2v) is 8.57. The third-order valence-electron chi connectivity index (χ3n) is 6.37. The van der Waals surface area contributed by atoms with Crippen molar-refractivity contribution in [2.45, 2.75) is 38.4 Å². The highest BCUT2D eigenvalue weighted by atomic mass is 16.7. The van der Waals surface area contributed by atoms with Gasteiger partial charge in [-0.05, 0) is 18.8 Å². The first-order chi connectivity index (χ1) is 14.2. The van der Waals surface area contributed by atoms with E-state index in [2.05, 4.69) is 47.1 Å². The summed E-state index contributed by atoms with van der Waals surface area (Å²) in [7, 11) is 0. The zero-order valence-corrected chi connectivity index (χ0v) is 17.2. The molecule has 1 spiro atoms. The first-order valence-corrected chi connectivity index (χ1v) is 10.9. The van der Waals surface area contributed by atoms with E-state index in [1.54, 1.807) is 0 Å². The second-order valence-electron chi connectivity index (χ2n) is 8.57. The van der Waals surface area contributed by atoms with Crippen molar-refractivity contribution in [2.24, 2.45) is 5.92 Å². The van der Waals surface area contributed by atoms with Gasteiger partial charge in [0, 0.05) is 50.7 Å². The highest BCUT2D eigenvalue weighted by Crippen LogP contribution is 2.34. The van der Waals surface area contributed by atoms with E-state index in [1.165, 1.54) is 12.8 Å². The largest absolute Gasteiger partial charge is 0.356 e. The first-order valence-electron chi connectivity index (χ1n) is 10.9. The maximum absolute atomic E-state index is 5.89. The molecule has 2 aromatic rings. The zero-order valence-electron chi connectivity index (χ0n) is 17.2. The average molecular weight is 395 g/mol. The van der Waals surface area contributed by atoms with Crippen molar-refractivity contribution in [1.29, 1.82) is 0 Å². The Morgan fingerprint density at radius 2 is 1.72 bits per heavy atom. The summed E-state index contributed by atoms with van der Waals surface area (Å²) in [5.74, 6) is 2.20. The Kier molecular flexibility index (Phi) is 5.14. The number of aromatic nitrogens is 2. The van der Waals surface area contributed by atoms with Gasteiger partial charge in [-0.25, -0.2) is 4.98 Å². The van der Waals surface area contributed by atoms with E-state index in [0.29, 0.717) is 19.1 Å². The molecule has 0 amide bonds. The molecule has 3 saturated heterocycles. The van der Waals surface area contributed by atoms with Crippen LogP contribution in [0.2, 0.25) is 0 Å². The molecule has 6 nitrogen and oxygen atoms in total. The van der Waals surface area contributed by atoms with E-state index in [0.717, 1.165) is 62.0 Å². The van der Waals surface area contributed by atoms with Crippen LogP contribution in [0.25, 0.3) is 11.3 Å². The van der Waals surface area contributed by atoms with E-state index < -0.39 is 0 Å². The van der Waals surface area contributed by atoms with Gasteiger partial charge in [0.1, 0.15) is 5.82 Å². The lowest BCUT2D eigenvalue weighted by Gasteiger charge is -2.38. The molecule has 1 aromatic heterocycles. The molecule has 6 heteroatoms. The van der Waals surface area contributed by atoms with E-state index in [-0.39, 0.29) is 5.79 Å². The van der Waals surface area contributed by atoms with Crippen molar-refractivity contribution in [1.82, 2.24) is 9.97 Å². The summed E-state index contributed by atoms with van der Waals surface area (Å²) < 4.78 is 11.8. The molecule has 0 bridgehead atoms. The highest BCUT2D eigenvalue weighted by molar-refractivity contribution is 5.65. The number of hydrogen-bond acceptors (Lipinski definition) is 6. The van der Waals surface area contributed by atoms with Crippen LogP contribution in [0.15, 0.2) is 36.4 Å². The molecule has 3 aliphatic heterocycles. The SMILES string of the molecule is CC1CCCN(c2cc(-c3ccccc3)nc(N3CCC4(CC3)OCCO4)n2)C1. The van der Waals surface area contributed by atoms with Crippen LogP contribution < -0.4 is 9.80 Å². The van der Waals surface area contributed by atoms with Crippen LogP contribution in [0.5, 0.6) is 0 Å². The number of benzene rings is 1. The minimum atomic E-state index is -0.376. The lowest BCUT2D eigenvalue weighted by Crippen LogP contribution is -2.46. The second kappa shape index (κ2) is 7.92. The number of nitrogens with zero attached hydrogens (tertiary/aromatic N) is 4. The van der Waals surface area contributed by atoms with E-state index >= 15 is 0 Å². The summed E-state index contributed by atoms with van der Waals surface area (Å²) in [6.07, 6.45) is 4.25. The minimum Gasteiger partial charge on any atom is -0.356 e. The van der Waals surface area contributed by atoms with Gasteiger partial charge in [-0.15, -0.1) is 0 Å². The molecule has 154 valence electrons. The third kappa shape index (κ3) is 3.96. The highest BCUT2D eigenvalue weighted by Gasteiger charge is 2.40. The molecule has 0 saturated carbocycles. The van der Waals surface area contributed by atoms with Crippen molar-refractivity contribution >= 4 is 11.8 Å². The Bertz CT molecular complexity index is 828. The molecule has 3 fully saturated rings. The molecule has 1 unspecified atom stereocenters. The molecule has 3 aliphatic rings. The minimum absolute atomic E-state index is 0.376. The van der Waals surface area contributed by atoms with Crippen LogP contribution in [0, 0.1) is 5.92 Å². The fourth-order valence-electron chi connectivity index (χ4n) is 4.71. The Morgan fingerprint density at radius 1 is 0.966 bits per heavy atom. The van der Waals surface area contributed by atoms with Crippen LogP contribution >= 0.6 is 0 Å². The van der Waals surface area contributed by atoms with Gasteiger partial charge in [-0.3, -0.25) is 0 Å². The molecule has 1 atom stereocenters. The average Bonchev–Trinajstić information content (AvgIpc) is 3.22. The fraction of sp³-hybridized carbons (Fsp3) is 0.565. The molecule has 4 heterocycles. The summed E-state index contributed by atoms with van der Waals surface area (Å²) in [5.41, 5.74) is 2.14. The van der Waals surface area contributed by atoms with Crippen LogP contribution in [0.4, 0.5) is 11.8 Å². The maximum atomic E-state index is 5.89. The van der Waals surface area contributed by atoms with Crippen molar-refractivity contribution in [3.8, 4) is 11.3 Å². The molecule has 5 rings (SSSR count). The number of hydrogen-bond donors (Lipinski definition) is 0. The normalized spacial score (nSPS) is 24.2. The van der Waals surface area contributed by atoms with E-state index in [4.69, 9.17) is 19.4 Å². The standard InChI is InChI=1S/C23H30N4O2/c1-18-6-5-11-27(17-18)21-16-20(19-7-3-2-4-8-19)24-22(25-21)26-12-9-23(10-13-26)28-14-15-29-23/h2-4,7-8,16,18H,5-6,9-15,17H2,1H3. The maximum Gasteiger partial charge on any atom is 0.227 e. The smallest absolute Gasteiger partial charge is 0.227 e. The lowest BCUT2D eigenvalue weighted by atomic mass is 10.0. The van der Waals surface area contributed by atoms with Gasteiger partial charge in [-0.1, -0.05) is 37.3 Å². The monoisotopic (exact) mass is 394 g/mol. The van der Waals surface area contributed by atoms with Crippen molar-refractivity contribution in [3.05, 3.63) is 36.4 Å². The van der Waals surface area contributed by atoms with Gasteiger partial charge in [0.05, 0.1) is 18.9 Å². The lowest BCUT2D eigenvalue weighted by molar-refractivity contribution is -0.169. The predicted molar refractivity (Wildman–Crippen MR) is 114 cm³/mol. The fourth-order valence-corrected chi connectivity index (χ4v) is 4.71. The number of anilines is 2. The Hall–Kier alpha value is -2.18. The zero-order chi connectivity index (χ0) is 19.7. The van der Waals surface area contributed by atoms with Crippen molar-refractivity contribution < 1.29 is 9.47 Å². The van der Waals surface area contributed by atoms with Gasteiger partial charge < -0.3 is 19.3 Å². The van der Waals surface area contributed by atoms with Gasteiger partial charge >= 0.3 is 0 Å². The van der Waals surface area contributed by atoms with Crippen LogP contribution in [0.1, 0.15) is 32.6 Å².